The average molecular weight is 266 g/mol. The predicted octanol–water partition coefficient (Wildman–Crippen LogP) is 2.34. The molecule has 2 fully saturated rings. The Morgan fingerprint density at radius 1 is 0.579 bits per heavy atom. The minimum Gasteiger partial charge on any atom is -0.303 e. The molecule has 2 aliphatic rings. The SMILES string of the molecule is C1CCN(CCC[N]CCCN2CCCCC2)CC1. The lowest BCUT2D eigenvalue weighted by Gasteiger charge is -2.26. The van der Waals surface area contributed by atoms with E-state index in [9.17, 15) is 0 Å². The van der Waals surface area contributed by atoms with E-state index in [0.717, 1.165) is 13.1 Å². The zero-order valence-electron chi connectivity index (χ0n) is 12.7. The van der Waals surface area contributed by atoms with E-state index in [1.807, 2.05) is 0 Å². The molecule has 111 valence electrons. The van der Waals surface area contributed by atoms with Crippen LogP contribution in [-0.2, 0) is 0 Å². The summed E-state index contributed by atoms with van der Waals surface area (Å²) in [6, 6.07) is 0. The van der Waals surface area contributed by atoms with Crippen molar-refractivity contribution in [2.45, 2.75) is 51.4 Å². The third kappa shape index (κ3) is 6.73. The van der Waals surface area contributed by atoms with Crippen LogP contribution in [0.3, 0.4) is 0 Å². The van der Waals surface area contributed by atoms with Crippen molar-refractivity contribution < 1.29 is 0 Å². The van der Waals surface area contributed by atoms with Crippen molar-refractivity contribution in [2.75, 3.05) is 52.4 Å². The lowest BCUT2D eigenvalue weighted by molar-refractivity contribution is 0.221. The Bertz CT molecular complexity index is 186. The van der Waals surface area contributed by atoms with Gasteiger partial charge in [0, 0.05) is 13.1 Å². The average Bonchev–Trinajstić information content (AvgIpc) is 2.48. The van der Waals surface area contributed by atoms with Gasteiger partial charge in [0.2, 0.25) is 0 Å². The van der Waals surface area contributed by atoms with Crippen molar-refractivity contribution in [3.05, 3.63) is 0 Å². The van der Waals surface area contributed by atoms with E-state index in [4.69, 9.17) is 0 Å². The summed E-state index contributed by atoms with van der Waals surface area (Å²) in [5.74, 6) is 0. The fraction of sp³-hybridized carbons (Fsp3) is 1.00. The Labute approximate surface area is 119 Å². The zero-order chi connectivity index (χ0) is 13.2. The lowest BCUT2D eigenvalue weighted by atomic mass is 10.1. The first-order chi connectivity index (χ1) is 9.45. The van der Waals surface area contributed by atoms with Crippen molar-refractivity contribution in [3.63, 3.8) is 0 Å². The van der Waals surface area contributed by atoms with Crippen LogP contribution in [0, 0.1) is 0 Å². The molecule has 0 amide bonds. The number of nitrogens with zero attached hydrogens (tertiary/aromatic N) is 3. The summed E-state index contributed by atoms with van der Waals surface area (Å²) >= 11 is 0. The summed E-state index contributed by atoms with van der Waals surface area (Å²) in [5, 5.41) is 4.69. The van der Waals surface area contributed by atoms with Gasteiger partial charge in [-0.25, -0.2) is 5.32 Å². The van der Waals surface area contributed by atoms with Crippen LogP contribution in [0.2, 0.25) is 0 Å². The summed E-state index contributed by atoms with van der Waals surface area (Å²) in [5.41, 5.74) is 0. The van der Waals surface area contributed by atoms with E-state index < -0.39 is 0 Å². The van der Waals surface area contributed by atoms with Gasteiger partial charge in [-0.15, -0.1) is 0 Å². The van der Waals surface area contributed by atoms with Crippen molar-refractivity contribution in [2.24, 2.45) is 0 Å². The molecule has 0 bridgehead atoms. The molecule has 0 spiro atoms. The minimum atomic E-state index is 1.08. The first-order valence-corrected chi connectivity index (χ1v) is 8.53. The fourth-order valence-corrected chi connectivity index (χ4v) is 3.29. The summed E-state index contributed by atoms with van der Waals surface area (Å²) in [6.45, 7) is 10.0. The Morgan fingerprint density at radius 2 is 1.00 bits per heavy atom. The van der Waals surface area contributed by atoms with Crippen LogP contribution < -0.4 is 5.32 Å². The van der Waals surface area contributed by atoms with Crippen molar-refractivity contribution >= 4 is 0 Å². The smallest absolute Gasteiger partial charge is 0.0145 e. The molecule has 3 heteroatoms. The second-order valence-corrected chi connectivity index (χ2v) is 6.18. The maximum atomic E-state index is 4.69. The molecule has 2 rings (SSSR count). The van der Waals surface area contributed by atoms with Gasteiger partial charge in [0.1, 0.15) is 0 Å². The second-order valence-electron chi connectivity index (χ2n) is 6.18. The first kappa shape index (κ1) is 15.3. The third-order valence-electron chi connectivity index (χ3n) is 4.48. The van der Waals surface area contributed by atoms with Crippen LogP contribution >= 0.6 is 0 Å². The summed E-state index contributed by atoms with van der Waals surface area (Å²) in [7, 11) is 0. The second kappa shape index (κ2) is 9.73. The highest BCUT2D eigenvalue weighted by molar-refractivity contribution is 4.66. The molecule has 0 unspecified atom stereocenters. The highest BCUT2D eigenvalue weighted by atomic mass is 15.1. The molecule has 0 saturated carbocycles. The standard InChI is InChI=1S/C16H32N3/c1-3-11-18(12-4-1)15-7-9-17-10-8-16-19-13-5-2-6-14-19/h1-16H2. The van der Waals surface area contributed by atoms with Crippen LogP contribution in [0.5, 0.6) is 0 Å². The predicted molar refractivity (Wildman–Crippen MR) is 81.7 cm³/mol. The Kier molecular flexibility index (Phi) is 7.82. The van der Waals surface area contributed by atoms with Crippen LogP contribution in [0.15, 0.2) is 0 Å². The van der Waals surface area contributed by atoms with Crippen molar-refractivity contribution in [3.8, 4) is 0 Å². The molecule has 0 atom stereocenters. The molecular formula is C16H32N3. The van der Waals surface area contributed by atoms with Gasteiger partial charge >= 0.3 is 0 Å². The van der Waals surface area contributed by atoms with Gasteiger partial charge in [-0.1, -0.05) is 12.8 Å². The number of likely N-dealkylation sites (tertiary alicyclic amines) is 2. The van der Waals surface area contributed by atoms with E-state index >= 15 is 0 Å². The van der Waals surface area contributed by atoms with Crippen LogP contribution in [-0.4, -0.2) is 62.2 Å². The van der Waals surface area contributed by atoms with E-state index in [1.54, 1.807) is 0 Å². The van der Waals surface area contributed by atoms with Gasteiger partial charge < -0.3 is 9.80 Å². The zero-order valence-corrected chi connectivity index (χ0v) is 12.7. The normalized spacial score (nSPS) is 22.7. The molecule has 0 aliphatic carbocycles. The topological polar surface area (TPSA) is 20.6 Å². The molecule has 3 nitrogen and oxygen atoms in total. The van der Waals surface area contributed by atoms with Gasteiger partial charge in [-0.2, -0.15) is 0 Å². The quantitative estimate of drug-likeness (QED) is 0.629. The molecule has 2 saturated heterocycles. The molecule has 2 heterocycles. The molecular weight excluding hydrogens is 234 g/mol. The highest BCUT2D eigenvalue weighted by Crippen LogP contribution is 2.09. The van der Waals surface area contributed by atoms with E-state index in [1.165, 1.54) is 90.6 Å². The lowest BCUT2D eigenvalue weighted by Crippen LogP contribution is -2.32. The Balaban J connectivity index is 1.35. The number of hydrogen-bond donors (Lipinski definition) is 0. The maximum Gasteiger partial charge on any atom is 0.0145 e. The van der Waals surface area contributed by atoms with Crippen molar-refractivity contribution in [1.82, 2.24) is 15.1 Å². The molecule has 19 heavy (non-hydrogen) atoms. The molecule has 0 aromatic heterocycles. The summed E-state index contributed by atoms with van der Waals surface area (Å²) < 4.78 is 0. The van der Waals surface area contributed by atoms with Crippen molar-refractivity contribution in [1.29, 1.82) is 0 Å². The van der Waals surface area contributed by atoms with Crippen LogP contribution in [0.4, 0.5) is 0 Å². The van der Waals surface area contributed by atoms with Crippen LogP contribution in [0.25, 0.3) is 0 Å². The van der Waals surface area contributed by atoms with E-state index in [0.29, 0.717) is 0 Å². The van der Waals surface area contributed by atoms with E-state index in [-0.39, 0.29) is 0 Å². The van der Waals surface area contributed by atoms with E-state index in [2.05, 4.69) is 15.1 Å². The Hall–Kier alpha value is -0.120. The first-order valence-electron chi connectivity index (χ1n) is 8.53. The molecule has 0 aromatic rings. The number of piperidine rings is 2. The Morgan fingerprint density at radius 3 is 1.42 bits per heavy atom. The third-order valence-corrected chi connectivity index (χ3v) is 4.48. The highest BCUT2D eigenvalue weighted by Gasteiger charge is 2.10. The largest absolute Gasteiger partial charge is 0.303 e. The molecule has 0 N–H and O–H groups in total. The summed E-state index contributed by atoms with van der Waals surface area (Å²) in [6.07, 6.45) is 11.1. The fourth-order valence-electron chi connectivity index (χ4n) is 3.29. The number of hydrogen-bond acceptors (Lipinski definition) is 2. The van der Waals surface area contributed by atoms with Gasteiger partial charge in [0.05, 0.1) is 0 Å². The number of rotatable bonds is 8. The van der Waals surface area contributed by atoms with Gasteiger partial charge in [-0.05, 0) is 77.8 Å². The van der Waals surface area contributed by atoms with Crippen LogP contribution in [0.1, 0.15) is 51.4 Å². The molecule has 0 aromatic carbocycles. The summed E-state index contributed by atoms with van der Waals surface area (Å²) in [4.78, 5) is 5.24. The molecule has 2 aliphatic heterocycles. The van der Waals surface area contributed by atoms with Gasteiger partial charge in [0.15, 0.2) is 0 Å². The maximum absolute atomic E-state index is 4.69. The van der Waals surface area contributed by atoms with Gasteiger partial charge in [0.25, 0.3) is 0 Å². The van der Waals surface area contributed by atoms with Gasteiger partial charge in [-0.3, -0.25) is 0 Å². The molecule has 1 radical (unpaired) electrons. The monoisotopic (exact) mass is 266 g/mol. The minimum absolute atomic E-state index is 1.08.